The number of rotatable bonds is 7. The normalized spacial score (nSPS) is 19.3. The minimum Gasteiger partial charge on any atom is -0.508 e. The lowest BCUT2D eigenvalue weighted by atomic mass is 9.92. The predicted molar refractivity (Wildman–Crippen MR) is 218 cm³/mol. The minimum atomic E-state index is -1.98. The maximum Gasteiger partial charge on any atom is 0.264 e. The molecule has 290 valence electrons. The van der Waals surface area contributed by atoms with Gasteiger partial charge in [0.05, 0.1) is 40.2 Å². The van der Waals surface area contributed by atoms with E-state index >= 15 is 4.79 Å². The summed E-state index contributed by atoms with van der Waals surface area (Å²) in [5, 5.41) is 10.1. The minimum absolute atomic E-state index is 0. The summed E-state index contributed by atoms with van der Waals surface area (Å²) in [6.45, 7) is 2.82. The van der Waals surface area contributed by atoms with Gasteiger partial charge in [-0.15, -0.1) is 12.4 Å². The molecule has 0 saturated carbocycles. The first kappa shape index (κ1) is 35.1. The molecule has 1 atom stereocenters. The van der Waals surface area contributed by atoms with E-state index in [1.807, 2.05) is 47.4 Å². The van der Waals surface area contributed by atoms with Gasteiger partial charge < -0.3 is 28.8 Å². The fourth-order valence-corrected chi connectivity index (χ4v) is 8.46. The van der Waals surface area contributed by atoms with E-state index in [0.29, 0.717) is 85.2 Å². The summed E-state index contributed by atoms with van der Waals surface area (Å²) in [5.41, 5.74) is 6.67. The van der Waals surface area contributed by atoms with Gasteiger partial charge in [-0.25, -0.2) is 0 Å². The molecule has 4 aliphatic heterocycles. The van der Waals surface area contributed by atoms with E-state index in [1.54, 1.807) is 41.3 Å². The number of anilines is 2. The lowest BCUT2D eigenvalue weighted by Gasteiger charge is -2.40. The van der Waals surface area contributed by atoms with Crippen LogP contribution in [0.2, 0.25) is 0 Å². The van der Waals surface area contributed by atoms with E-state index in [4.69, 9.17) is 17.0 Å². The Morgan fingerprint density at radius 2 is 1.52 bits per heavy atom. The highest BCUT2D eigenvalue weighted by molar-refractivity contribution is 6.12. The van der Waals surface area contributed by atoms with E-state index in [2.05, 4.69) is 27.7 Å². The van der Waals surface area contributed by atoms with Gasteiger partial charge in [-0.3, -0.25) is 19.4 Å². The highest BCUT2D eigenvalue weighted by Gasteiger charge is 2.36. The van der Waals surface area contributed by atoms with Crippen molar-refractivity contribution in [3.8, 4) is 28.5 Å². The highest BCUT2D eigenvalue weighted by Crippen LogP contribution is 2.42. The molecular weight excluding hydrogens is 728 g/mol. The number of hydrogen-bond donors (Lipinski definition) is 1. The number of ether oxygens (including phenoxy) is 3. The second kappa shape index (κ2) is 16.4. The van der Waals surface area contributed by atoms with Crippen LogP contribution in [-0.2, 0) is 30.7 Å². The fraction of sp³-hybridized carbons (Fsp3) is 0.333. The molecule has 0 unspecified atom stereocenters. The van der Waals surface area contributed by atoms with E-state index < -0.39 is 6.56 Å². The van der Waals surface area contributed by atoms with Crippen LogP contribution in [0.15, 0.2) is 97.1 Å². The summed E-state index contributed by atoms with van der Waals surface area (Å²) in [6, 6.07) is 29.6. The standard InChI is InChI=1S/C45H46N4O6.ClH/c50-36-16-14-34(15-17-36)49(33-11-2-1-3-12-33)45(52)39-26-41(47-18-7-6-13-40(39)47)37-27-42-43(55-22-8-21-54-42)28-38(37)44(51)48-29-32-10-5-4-9-31(32)25-35(48)30-46-19-23-53-24-20-46;/h1-5,9-12,14-17,26-28,35,50H,6-8,13,18-25,29-30H2;1H/t35-;/m0./s1/i21D2;. The third-order valence-electron chi connectivity index (χ3n) is 11.2. The Kier molecular flexibility index (Phi) is 10.3. The second-order valence-electron chi connectivity index (χ2n) is 14.7. The number of amides is 2. The van der Waals surface area contributed by atoms with Gasteiger partial charge in [0.25, 0.3) is 11.8 Å². The molecule has 56 heavy (non-hydrogen) atoms. The number of morpholine rings is 1. The van der Waals surface area contributed by atoms with Crippen molar-refractivity contribution in [1.82, 2.24) is 14.4 Å². The van der Waals surface area contributed by atoms with Crippen LogP contribution in [-0.4, -0.2) is 83.3 Å². The Morgan fingerprint density at radius 3 is 2.32 bits per heavy atom. The molecule has 4 aromatic carbocycles. The molecule has 1 aromatic heterocycles. The first-order valence-corrected chi connectivity index (χ1v) is 19.3. The Balaban J connectivity index is 0.00000469. The van der Waals surface area contributed by atoms with Crippen LogP contribution in [0.1, 0.15) is 59.5 Å². The average molecular weight is 777 g/mol. The van der Waals surface area contributed by atoms with Crippen molar-refractivity contribution in [2.45, 2.75) is 51.2 Å². The van der Waals surface area contributed by atoms with E-state index in [-0.39, 0.29) is 54.8 Å². The van der Waals surface area contributed by atoms with Gasteiger partial charge in [-0.2, -0.15) is 0 Å². The molecule has 11 heteroatoms. The smallest absolute Gasteiger partial charge is 0.264 e. The third-order valence-corrected chi connectivity index (χ3v) is 11.2. The number of phenolic OH excluding ortho intramolecular Hbond substituents is 1. The zero-order valence-corrected chi connectivity index (χ0v) is 32.0. The SMILES string of the molecule is Cl.[2H]C1([2H])CCOc2cc(C(=O)N3Cc4ccccc4C[C@H]3CN3CCOCC3)c(-c3cc(C(=O)N(c4ccccc4)c4ccc(O)cc4)c4n3CCCC4)cc2O1. The van der Waals surface area contributed by atoms with Crippen LogP contribution >= 0.6 is 12.4 Å². The number of phenols is 1. The number of benzene rings is 4. The van der Waals surface area contributed by atoms with E-state index in [0.717, 1.165) is 37.2 Å². The average Bonchev–Trinajstić information content (AvgIpc) is 3.54. The first-order chi connectivity index (χ1) is 27.7. The monoisotopic (exact) mass is 776 g/mol. The summed E-state index contributed by atoms with van der Waals surface area (Å²) in [5.74, 6) is 0.233. The molecule has 10 nitrogen and oxygen atoms in total. The fourth-order valence-electron chi connectivity index (χ4n) is 8.46. The first-order valence-electron chi connectivity index (χ1n) is 20.3. The van der Waals surface area contributed by atoms with Gasteiger partial charge in [-0.1, -0.05) is 42.5 Å². The number of fused-ring (bicyclic) bond motifs is 3. The molecule has 2 amide bonds. The molecule has 1 saturated heterocycles. The molecule has 9 rings (SSSR count). The van der Waals surface area contributed by atoms with Gasteiger partial charge in [0.1, 0.15) is 5.75 Å². The van der Waals surface area contributed by atoms with Gasteiger partial charge in [-0.05, 0) is 91.4 Å². The molecule has 1 N–H and O–H groups in total. The van der Waals surface area contributed by atoms with Crippen molar-refractivity contribution < 1.29 is 31.6 Å². The highest BCUT2D eigenvalue weighted by atomic mass is 35.5. The maximum absolute atomic E-state index is 15.4. The van der Waals surface area contributed by atoms with Crippen LogP contribution in [0.3, 0.4) is 0 Å². The summed E-state index contributed by atoms with van der Waals surface area (Å²) in [7, 11) is 0. The predicted octanol–water partition coefficient (Wildman–Crippen LogP) is 7.66. The summed E-state index contributed by atoms with van der Waals surface area (Å²) in [4.78, 5) is 36.4. The Labute approximate surface area is 336 Å². The van der Waals surface area contributed by atoms with Crippen LogP contribution in [0.5, 0.6) is 17.2 Å². The lowest BCUT2D eigenvalue weighted by Crippen LogP contribution is -2.52. The largest absolute Gasteiger partial charge is 0.508 e. The zero-order valence-electron chi connectivity index (χ0n) is 33.2. The second-order valence-corrected chi connectivity index (χ2v) is 14.7. The molecule has 5 heterocycles. The number of carbonyl (C=O) groups excluding carboxylic acids is 2. The molecule has 0 bridgehead atoms. The maximum atomic E-state index is 15.4. The Morgan fingerprint density at radius 1 is 0.786 bits per heavy atom. The van der Waals surface area contributed by atoms with Crippen LogP contribution in [0.4, 0.5) is 11.4 Å². The molecule has 4 aliphatic rings. The van der Waals surface area contributed by atoms with Crippen molar-refractivity contribution in [3.05, 3.63) is 125 Å². The van der Waals surface area contributed by atoms with Crippen LogP contribution in [0.25, 0.3) is 11.3 Å². The van der Waals surface area contributed by atoms with Crippen molar-refractivity contribution >= 4 is 35.6 Å². The molecule has 0 radical (unpaired) electrons. The molecule has 0 spiro atoms. The van der Waals surface area contributed by atoms with Crippen molar-refractivity contribution in [2.24, 2.45) is 0 Å². The van der Waals surface area contributed by atoms with Gasteiger partial charge in [0.2, 0.25) is 0 Å². The molecule has 5 aromatic rings. The number of halogens is 1. The lowest BCUT2D eigenvalue weighted by molar-refractivity contribution is 0.0193. The van der Waals surface area contributed by atoms with Crippen LogP contribution < -0.4 is 14.4 Å². The molecule has 0 aliphatic carbocycles. The number of nitrogens with zero attached hydrogens (tertiary/aromatic N) is 4. The Bertz CT molecular complexity index is 2300. The number of hydrogen-bond acceptors (Lipinski definition) is 7. The van der Waals surface area contributed by atoms with Gasteiger partial charge in [0, 0.05) is 73.5 Å². The van der Waals surface area contributed by atoms with Gasteiger partial charge in [0.15, 0.2) is 11.5 Å². The summed E-state index contributed by atoms with van der Waals surface area (Å²) in [6.07, 6.45) is 3.20. The molecular formula is C45H47ClN4O6. The molecule has 1 fully saturated rings. The number of aromatic nitrogens is 1. The van der Waals surface area contributed by atoms with Crippen LogP contribution in [0, 0.1) is 0 Å². The number of aromatic hydroxyl groups is 1. The van der Waals surface area contributed by atoms with E-state index in [1.165, 1.54) is 5.56 Å². The quantitative estimate of drug-likeness (QED) is 0.181. The summed E-state index contributed by atoms with van der Waals surface area (Å²) < 4.78 is 36.9. The van der Waals surface area contributed by atoms with Crippen molar-refractivity contribution in [1.29, 1.82) is 0 Å². The van der Waals surface area contributed by atoms with Crippen molar-refractivity contribution in [2.75, 3.05) is 50.9 Å². The topological polar surface area (TPSA) is 96.7 Å². The van der Waals surface area contributed by atoms with Crippen molar-refractivity contribution in [3.63, 3.8) is 0 Å². The third kappa shape index (κ3) is 7.36. The van der Waals surface area contributed by atoms with E-state index in [9.17, 15) is 9.90 Å². The number of para-hydroxylation sites is 1. The number of carbonyl (C=O) groups is 2. The summed E-state index contributed by atoms with van der Waals surface area (Å²) >= 11 is 0. The zero-order chi connectivity index (χ0) is 39.1. The Hall–Kier alpha value is -5.29. The van der Waals surface area contributed by atoms with Gasteiger partial charge >= 0.3 is 0 Å².